The van der Waals surface area contributed by atoms with Crippen LogP contribution in [0.25, 0.3) is 0 Å². The minimum absolute atomic E-state index is 0.0136. The fraction of sp³-hybridized carbons (Fsp3) is 0.273. The van der Waals surface area contributed by atoms with Crippen LogP contribution in [0.15, 0.2) is 30.3 Å². The van der Waals surface area contributed by atoms with Gasteiger partial charge in [-0.25, -0.2) is 9.59 Å². The van der Waals surface area contributed by atoms with E-state index in [1.54, 1.807) is 24.3 Å². The Balaban J connectivity index is 2.57. The van der Waals surface area contributed by atoms with Crippen LogP contribution in [-0.4, -0.2) is 22.6 Å². The van der Waals surface area contributed by atoms with Gasteiger partial charge in [0.25, 0.3) is 0 Å². The SMILES string of the molecule is C[C@@](N)(C(=O)O)C(=O)OCc1ccccc1. The van der Waals surface area contributed by atoms with Crippen molar-refractivity contribution in [3.05, 3.63) is 35.9 Å². The van der Waals surface area contributed by atoms with E-state index in [9.17, 15) is 9.59 Å². The summed E-state index contributed by atoms with van der Waals surface area (Å²) in [4.78, 5) is 22.0. The molecule has 0 amide bonds. The van der Waals surface area contributed by atoms with Crippen molar-refractivity contribution in [2.75, 3.05) is 0 Å². The van der Waals surface area contributed by atoms with Gasteiger partial charge >= 0.3 is 11.9 Å². The lowest BCUT2D eigenvalue weighted by atomic mass is 10.1. The summed E-state index contributed by atoms with van der Waals surface area (Å²) in [6.07, 6.45) is 0. The fourth-order valence-electron chi connectivity index (χ4n) is 0.960. The number of carboxylic acid groups (broad SMARTS) is 1. The Bertz CT molecular complexity index is 386. The molecule has 0 saturated carbocycles. The lowest BCUT2D eigenvalue weighted by molar-refractivity contribution is -0.160. The van der Waals surface area contributed by atoms with Gasteiger partial charge in [0.2, 0.25) is 5.54 Å². The quantitative estimate of drug-likeness (QED) is 0.574. The van der Waals surface area contributed by atoms with E-state index in [2.05, 4.69) is 0 Å². The van der Waals surface area contributed by atoms with Crippen LogP contribution in [0.4, 0.5) is 0 Å². The van der Waals surface area contributed by atoms with Crippen LogP contribution in [-0.2, 0) is 20.9 Å². The Labute approximate surface area is 92.8 Å². The van der Waals surface area contributed by atoms with Crippen LogP contribution in [0.3, 0.4) is 0 Å². The number of aliphatic carboxylic acids is 1. The normalized spacial score (nSPS) is 13.9. The highest BCUT2D eigenvalue weighted by molar-refractivity contribution is 6.03. The molecular weight excluding hydrogens is 210 g/mol. The number of nitrogens with two attached hydrogens (primary N) is 1. The molecular formula is C11H13NO4. The summed E-state index contributed by atoms with van der Waals surface area (Å²) in [7, 11) is 0. The van der Waals surface area contributed by atoms with Gasteiger partial charge in [0.05, 0.1) is 0 Å². The fourth-order valence-corrected chi connectivity index (χ4v) is 0.960. The number of hydrogen-bond acceptors (Lipinski definition) is 4. The number of esters is 1. The number of rotatable bonds is 4. The van der Waals surface area contributed by atoms with Crippen LogP contribution >= 0.6 is 0 Å². The van der Waals surface area contributed by atoms with E-state index in [0.717, 1.165) is 12.5 Å². The number of carbonyl (C=O) groups excluding carboxylic acids is 1. The van der Waals surface area contributed by atoms with Crippen molar-refractivity contribution in [1.29, 1.82) is 0 Å². The molecule has 0 bridgehead atoms. The highest BCUT2D eigenvalue weighted by atomic mass is 16.5. The van der Waals surface area contributed by atoms with Crippen LogP contribution in [0, 0.1) is 0 Å². The third-order valence-electron chi connectivity index (χ3n) is 2.08. The lowest BCUT2D eigenvalue weighted by Gasteiger charge is -2.17. The number of hydrogen-bond donors (Lipinski definition) is 2. The summed E-state index contributed by atoms with van der Waals surface area (Å²) in [5.74, 6) is -2.37. The molecule has 0 fully saturated rings. The summed E-state index contributed by atoms with van der Waals surface area (Å²) in [5, 5.41) is 8.68. The summed E-state index contributed by atoms with van der Waals surface area (Å²) in [6, 6.07) is 8.95. The molecule has 3 N–H and O–H groups in total. The van der Waals surface area contributed by atoms with Gasteiger partial charge in [0.15, 0.2) is 0 Å². The molecule has 0 aromatic heterocycles. The average Bonchev–Trinajstić information content (AvgIpc) is 2.27. The van der Waals surface area contributed by atoms with E-state index >= 15 is 0 Å². The number of carboxylic acids is 1. The number of carbonyl (C=O) groups is 2. The molecule has 1 rings (SSSR count). The third-order valence-corrected chi connectivity index (χ3v) is 2.08. The van der Waals surface area contributed by atoms with Crippen LogP contribution in [0.1, 0.15) is 12.5 Å². The second kappa shape index (κ2) is 4.76. The van der Waals surface area contributed by atoms with E-state index in [-0.39, 0.29) is 6.61 Å². The predicted molar refractivity (Wildman–Crippen MR) is 56.5 cm³/mol. The molecule has 0 radical (unpaired) electrons. The van der Waals surface area contributed by atoms with Crippen molar-refractivity contribution < 1.29 is 19.4 Å². The van der Waals surface area contributed by atoms with E-state index < -0.39 is 17.5 Å². The van der Waals surface area contributed by atoms with E-state index in [1.807, 2.05) is 6.07 Å². The Morgan fingerprint density at radius 1 is 1.38 bits per heavy atom. The molecule has 0 heterocycles. The zero-order chi connectivity index (χ0) is 12.2. The number of ether oxygens (including phenoxy) is 1. The van der Waals surface area contributed by atoms with Crippen molar-refractivity contribution in [3.8, 4) is 0 Å². The molecule has 1 aromatic rings. The largest absolute Gasteiger partial charge is 0.479 e. The van der Waals surface area contributed by atoms with E-state index in [1.165, 1.54) is 0 Å². The minimum Gasteiger partial charge on any atom is -0.479 e. The van der Waals surface area contributed by atoms with Crippen molar-refractivity contribution in [2.24, 2.45) is 5.73 Å². The van der Waals surface area contributed by atoms with Gasteiger partial charge < -0.3 is 15.6 Å². The molecule has 0 aliphatic carbocycles. The highest BCUT2D eigenvalue weighted by Crippen LogP contribution is 2.06. The molecule has 86 valence electrons. The molecule has 5 heteroatoms. The van der Waals surface area contributed by atoms with Gasteiger partial charge in [0.1, 0.15) is 6.61 Å². The van der Waals surface area contributed by atoms with Crippen molar-refractivity contribution in [3.63, 3.8) is 0 Å². The molecule has 16 heavy (non-hydrogen) atoms. The van der Waals surface area contributed by atoms with Gasteiger partial charge in [-0.3, -0.25) is 0 Å². The summed E-state index contributed by atoms with van der Waals surface area (Å²) in [6.45, 7) is 1.11. The molecule has 0 saturated heterocycles. The maximum Gasteiger partial charge on any atom is 0.337 e. The first-order valence-electron chi connectivity index (χ1n) is 4.68. The van der Waals surface area contributed by atoms with Gasteiger partial charge in [-0.15, -0.1) is 0 Å². The third kappa shape index (κ3) is 2.80. The van der Waals surface area contributed by atoms with E-state index in [0.29, 0.717) is 0 Å². The smallest absolute Gasteiger partial charge is 0.337 e. The van der Waals surface area contributed by atoms with Crippen molar-refractivity contribution >= 4 is 11.9 Å². The molecule has 1 aromatic carbocycles. The summed E-state index contributed by atoms with van der Waals surface area (Å²) >= 11 is 0. The summed E-state index contributed by atoms with van der Waals surface area (Å²) in [5.41, 5.74) is 4.06. The molecule has 0 aliphatic rings. The molecule has 1 atom stereocenters. The molecule has 0 unspecified atom stereocenters. The Morgan fingerprint density at radius 2 is 1.94 bits per heavy atom. The maximum atomic E-state index is 11.4. The molecule has 0 aliphatic heterocycles. The standard InChI is InChI=1S/C11H13NO4/c1-11(12,9(13)14)10(15)16-7-8-5-3-2-4-6-8/h2-6H,7,12H2,1H3,(H,13,14)/t11-/m1/s1. The van der Waals surface area contributed by atoms with Crippen LogP contribution in [0.5, 0.6) is 0 Å². The number of benzene rings is 1. The topological polar surface area (TPSA) is 89.6 Å². The zero-order valence-electron chi connectivity index (χ0n) is 8.84. The first kappa shape index (κ1) is 12.2. The molecule has 0 spiro atoms. The van der Waals surface area contributed by atoms with Gasteiger partial charge in [0, 0.05) is 0 Å². The Kier molecular flexibility index (Phi) is 3.63. The highest BCUT2D eigenvalue weighted by Gasteiger charge is 2.38. The Hall–Kier alpha value is -1.88. The predicted octanol–water partition coefficient (Wildman–Crippen LogP) is 0.532. The first-order valence-corrected chi connectivity index (χ1v) is 4.68. The first-order chi connectivity index (χ1) is 7.44. The van der Waals surface area contributed by atoms with Gasteiger partial charge in [-0.05, 0) is 12.5 Å². The van der Waals surface area contributed by atoms with Crippen molar-refractivity contribution in [1.82, 2.24) is 0 Å². The van der Waals surface area contributed by atoms with Crippen molar-refractivity contribution in [2.45, 2.75) is 19.1 Å². The average molecular weight is 223 g/mol. The van der Waals surface area contributed by atoms with Gasteiger partial charge in [-0.2, -0.15) is 0 Å². The van der Waals surface area contributed by atoms with E-state index in [4.69, 9.17) is 15.6 Å². The monoisotopic (exact) mass is 223 g/mol. The maximum absolute atomic E-state index is 11.4. The summed E-state index contributed by atoms with van der Waals surface area (Å²) < 4.78 is 4.81. The van der Waals surface area contributed by atoms with Crippen LogP contribution < -0.4 is 5.73 Å². The lowest BCUT2D eigenvalue weighted by Crippen LogP contribution is -2.53. The zero-order valence-corrected chi connectivity index (χ0v) is 8.84. The minimum atomic E-state index is -2.01. The molecule has 5 nitrogen and oxygen atoms in total. The van der Waals surface area contributed by atoms with Gasteiger partial charge in [-0.1, -0.05) is 30.3 Å². The second-order valence-corrected chi connectivity index (χ2v) is 3.57. The second-order valence-electron chi connectivity index (χ2n) is 3.57. The Morgan fingerprint density at radius 3 is 2.44 bits per heavy atom. The van der Waals surface area contributed by atoms with Crippen LogP contribution in [0.2, 0.25) is 0 Å².